The molecule has 0 fully saturated rings. The number of fused-ring (bicyclic) bond motifs is 1. The van der Waals surface area contributed by atoms with E-state index in [0.717, 1.165) is 0 Å². The maximum atomic E-state index is 12.4. The number of nitrogens with zero attached hydrogens (tertiary/aromatic N) is 2. The van der Waals surface area contributed by atoms with E-state index in [9.17, 15) is 18.0 Å². The quantitative estimate of drug-likeness (QED) is 0.678. The third-order valence-electron chi connectivity index (χ3n) is 3.46. The van der Waals surface area contributed by atoms with Crippen LogP contribution in [0.4, 0.5) is 13.2 Å². The molecule has 1 N–H and O–H groups in total. The van der Waals surface area contributed by atoms with Crippen molar-refractivity contribution in [1.82, 2.24) is 9.38 Å². The van der Waals surface area contributed by atoms with Gasteiger partial charge in [0, 0.05) is 11.8 Å². The molecule has 3 rings (SSSR count). The number of imidazole rings is 1. The number of halogens is 3. The number of carbonyl (C=O) groups is 1. The lowest BCUT2D eigenvalue weighted by atomic mass is 10.2. The largest absolute Gasteiger partial charge is 0.573 e. The summed E-state index contributed by atoms with van der Waals surface area (Å²) in [5.74, 6) is 4.16. The highest BCUT2D eigenvalue weighted by atomic mass is 19.4. The van der Waals surface area contributed by atoms with Crippen molar-refractivity contribution in [1.29, 1.82) is 0 Å². The van der Waals surface area contributed by atoms with Crippen molar-refractivity contribution in [2.75, 3.05) is 6.61 Å². The van der Waals surface area contributed by atoms with Gasteiger partial charge < -0.3 is 14.6 Å². The maximum absolute atomic E-state index is 12.4. The molecular weight excluding hydrogens is 377 g/mol. The molecule has 6 nitrogen and oxygen atoms in total. The third-order valence-corrected chi connectivity index (χ3v) is 3.46. The highest BCUT2D eigenvalue weighted by Crippen LogP contribution is 2.23. The van der Waals surface area contributed by atoms with Gasteiger partial charge in [-0.1, -0.05) is 18.1 Å². The first-order valence-electron chi connectivity index (χ1n) is 7.95. The van der Waals surface area contributed by atoms with Crippen LogP contribution < -0.4 is 4.74 Å². The van der Waals surface area contributed by atoms with Gasteiger partial charge in [-0.25, -0.2) is 9.78 Å². The van der Waals surface area contributed by atoms with E-state index >= 15 is 0 Å². The molecule has 9 heteroatoms. The van der Waals surface area contributed by atoms with Crippen molar-refractivity contribution >= 4 is 11.6 Å². The van der Waals surface area contributed by atoms with Gasteiger partial charge in [0.05, 0.1) is 6.61 Å². The Bertz CT molecular complexity index is 1060. The standard InChI is InChI=1S/C19H13F3N2O4/c20-19(21,22)28-14-5-3-4-13(10-14)7-8-16-15(11-27-12-18(25)26)23-17-6-1-2-9-24(16)17/h1-6,9-10H,11-12H2,(H,25,26). The summed E-state index contributed by atoms with van der Waals surface area (Å²) in [5, 5.41) is 8.69. The van der Waals surface area contributed by atoms with E-state index in [0.29, 0.717) is 22.6 Å². The summed E-state index contributed by atoms with van der Waals surface area (Å²) in [5.41, 5.74) is 1.76. The van der Waals surface area contributed by atoms with E-state index < -0.39 is 18.9 Å². The van der Waals surface area contributed by atoms with Crippen LogP contribution in [0.2, 0.25) is 0 Å². The number of hydrogen-bond donors (Lipinski definition) is 1. The molecule has 0 saturated carbocycles. The van der Waals surface area contributed by atoms with E-state index in [1.165, 1.54) is 18.2 Å². The van der Waals surface area contributed by atoms with Crippen LogP contribution in [-0.2, 0) is 16.1 Å². The first-order valence-corrected chi connectivity index (χ1v) is 7.95. The monoisotopic (exact) mass is 390 g/mol. The smallest absolute Gasteiger partial charge is 0.480 e. The molecule has 0 atom stereocenters. The van der Waals surface area contributed by atoms with E-state index in [1.807, 2.05) is 0 Å². The number of aliphatic carboxylic acids is 1. The van der Waals surface area contributed by atoms with Crippen molar-refractivity contribution in [3.05, 3.63) is 65.6 Å². The number of hydrogen-bond acceptors (Lipinski definition) is 4. The fraction of sp³-hybridized carbons (Fsp3) is 0.158. The van der Waals surface area contributed by atoms with Crippen LogP contribution in [0.5, 0.6) is 5.75 Å². The van der Waals surface area contributed by atoms with Crippen LogP contribution in [0.25, 0.3) is 5.65 Å². The molecule has 0 radical (unpaired) electrons. The maximum Gasteiger partial charge on any atom is 0.573 e. The second kappa shape index (κ2) is 8.02. The van der Waals surface area contributed by atoms with Gasteiger partial charge in [-0.3, -0.25) is 4.40 Å². The Hall–Kier alpha value is -3.51. The van der Waals surface area contributed by atoms with E-state index in [2.05, 4.69) is 21.6 Å². The van der Waals surface area contributed by atoms with Crippen LogP contribution >= 0.6 is 0 Å². The van der Waals surface area contributed by atoms with Crippen molar-refractivity contribution in [2.45, 2.75) is 13.0 Å². The normalized spacial score (nSPS) is 11.1. The van der Waals surface area contributed by atoms with Crippen molar-refractivity contribution < 1.29 is 32.5 Å². The van der Waals surface area contributed by atoms with Crippen molar-refractivity contribution in [3.8, 4) is 17.6 Å². The fourth-order valence-electron chi connectivity index (χ4n) is 2.41. The molecule has 0 aliphatic carbocycles. The molecule has 2 aromatic heterocycles. The summed E-state index contributed by atoms with van der Waals surface area (Å²) in [6.45, 7) is -0.563. The van der Waals surface area contributed by atoms with Gasteiger partial charge in [0.1, 0.15) is 29.4 Å². The Morgan fingerprint density at radius 3 is 2.75 bits per heavy atom. The number of benzene rings is 1. The molecule has 0 bridgehead atoms. The Kier molecular flexibility index (Phi) is 5.52. The molecular formula is C19H13F3N2O4. The lowest BCUT2D eigenvalue weighted by Gasteiger charge is -2.08. The topological polar surface area (TPSA) is 73.1 Å². The highest BCUT2D eigenvalue weighted by Gasteiger charge is 2.31. The minimum absolute atomic E-state index is 0.0742. The SMILES string of the molecule is O=C(O)COCc1nc2ccccn2c1C#Cc1cccc(OC(F)(F)F)c1. The number of carboxylic acid groups (broad SMARTS) is 1. The highest BCUT2D eigenvalue weighted by molar-refractivity contribution is 5.68. The van der Waals surface area contributed by atoms with Gasteiger partial charge in [-0.15, -0.1) is 13.2 Å². The number of alkyl halides is 3. The fourth-order valence-corrected chi connectivity index (χ4v) is 2.41. The minimum atomic E-state index is -4.79. The zero-order chi connectivity index (χ0) is 20.1. The molecule has 1 aromatic carbocycles. The van der Waals surface area contributed by atoms with Gasteiger partial charge in [0.25, 0.3) is 0 Å². The lowest BCUT2D eigenvalue weighted by molar-refractivity contribution is -0.274. The van der Waals surface area contributed by atoms with Gasteiger partial charge >= 0.3 is 12.3 Å². The van der Waals surface area contributed by atoms with Crippen LogP contribution in [0.3, 0.4) is 0 Å². The Balaban J connectivity index is 1.92. The van der Waals surface area contributed by atoms with Crippen molar-refractivity contribution in [3.63, 3.8) is 0 Å². The minimum Gasteiger partial charge on any atom is -0.480 e. The molecule has 28 heavy (non-hydrogen) atoms. The van der Waals surface area contributed by atoms with Crippen LogP contribution in [-0.4, -0.2) is 33.4 Å². The summed E-state index contributed by atoms with van der Waals surface area (Å²) < 4.78 is 47.7. The summed E-state index contributed by atoms with van der Waals surface area (Å²) >= 11 is 0. The first kappa shape index (κ1) is 19.3. The Morgan fingerprint density at radius 2 is 2.00 bits per heavy atom. The predicted molar refractivity (Wildman–Crippen MR) is 91.6 cm³/mol. The second-order valence-corrected chi connectivity index (χ2v) is 5.55. The van der Waals surface area contributed by atoms with Crippen molar-refractivity contribution in [2.24, 2.45) is 0 Å². The zero-order valence-corrected chi connectivity index (χ0v) is 14.2. The summed E-state index contributed by atoms with van der Waals surface area (Å²) in [6.07, 6.45) is -3.07. The predicted octanol–water partition coefficient (Wildman–Crippen LogP) is 3.23. The molecule has 0 aliphatic heterocycles. The molecule has 0 amide bonds. The zero-order valence-electron chi connectivity index (χ0n) is 14.2. The third kappa shape index (κ3) is 5.02. The van der Waals surface area contributed by atoms with Gasteiger partial charge in [-0.05, 0) is 36.3 Å². The average Bonchev–Trinajstić information content (AvgIpc) is 2.96. The molecule has 0 spiro atoms. The molecule has 0 saturated heterocycles. The molecule has 0 aliphatic rings. The number of pyridine rings is 1. The van der Waals surface area contributed by atoms with Crippen LogP contribution in [0, 0.1) is 11.8 Å². The van der Waals surface area contributed by atoms with E-state index in [4.69, 9.17) is 9.84 Å². The lowest BCUT2D eigenvalue weighted by Crippen LogP contribution is -2.17. The van der Waals surface area contributed by atoms with Gasteiger partial charge in [0.2, 0.25) is 0 Å². The summed E-state index contributed by atoms with van der Waals surface area (Å²) in [7, 11) is 0. The Labute approximate surface area is 157 Å². The summed E-state index contributed by atoms with van der Waals surface area (Å²) in [6, 6.07) is 10.6. The second-order valence-electron chi connectivity index (χ2n) is 5.55. The number of aromatic nitrogens is 2. The summed E-state index contributed by atoms with van der Waals surface area (Å²) in [4.78, 5) is 15.0. The van der Waals surface area contributed by atoms with Crippen LogP contribution in [0.1, 0.15) is 17.0 Å². The first-order chi connectivity index (χ1) is 13.3. The van der Waals surface area contributed by atoms with E-state index in [-0.39, 0.29) is 12.4 Å². The average molecular weight is 390 g/mol. The molecule has 144 valence electrons. The van der Waals surface area contributed by atoms with Gasteiger partial charge in [0.15, 0.2) is 0 Å². The molecule has 0 unspecified atom stereocenters. The number of ether oxygens (including phenoxy) is 2. The number of carboxylic acids is 1. The molecule has 3 aromatic rings. The van der Waals surface area contributed by atoms with E-state index in [1.54, 1.807) is 34.9 Å². The van der Waals surface area contributed by atoms with Gasteiger partial charge in [-0.2, -0.15) is 0 Å². The Morgan fingerprint density at radius 1 is 1.18 bits per heavy atom. The molecule has 2 heterocycles. The number of rotatable bonds is 5. The van der Waals surface area contributed by atoms with Crippen LogP contribution in [0.15, 0.2) is 48.7 Å².